The van der Waals surface area contributed by atoms with E-state index in [4.69, 9.17) is 20.9 Å². The molecular weight excluding hydrogens is 368 g/mol. The average molecular weight is 388 g/mol. The van der Waals surface area contributed by atoms with Gasteiger partial charge in [-0.25, -0.2) is 0 Å². The van der Waals surface area contributed by atoms with Gasteiger partial charge >= 0.3 is 0 Å². The molecule has 1 unspecified atom stereocenters. The minimum atomic E-state index is -0.956. The maximum Gasteiger partial charge on any atom is 0.267 e. The third-order valence-corrected chi connectivity index (χ3v) is 4.03. The number of primary amides is 2. The number of hydrogen-bond donors (Lipinski definition) is 5. The molecular formula is C17H20N6O5. The topological polar surface area (TPSA) is 174 Å². The maximum absolute atomic E-state index is 12.3. The van der Waals surface area contributed by atoms with Gasteiger partial charge in [0.2, 0.25) is 11.9 Å². The quantitative estimate of drug-likeness (QED) is 0.442. The van der Waals surface area contributed by atoms with Gasteiger partial charge in [0.05, 0.1) is 0 Å². The third kappa shape index (κ3) is 3.98. The lowest BCUT2D eigenvalue weighted by atomic mass is 10.2. The molecule has 1 aliphatic rings. The maximum atomic E-state index is 12.3. The van der Waals surface area contributed by atoms with E-state index in [0.29, 0.717) is 36.8 Å². The van der Waals surface area contributed by atoms with Gasteiger partial charge in [-0.2, -0.15) is 4.98 Å². The zero-order valence-corrected chi connectivity index (χ0v) is 15.1. The summed E-state index contributed by atoms with van der Waals surface area (Å²) in [4.78, 5) is 42.1. The molecule has 3 rings (SSSR count). The molecule has 0 radical (unpaired) electrons. The number of aromatic amines is 1. The first-order valence-electron chi connectivity index (χ1n) is 8.55. The summed E-state index contributed by atoms with van der Waals surface area (Å²) < 4.78 is 11.0. The summed E-state index contributed by atoms with van der Waals surface area (Å²) in [5, 5.41) is 5.62. The number of hydrogen-bond acceptors (Lipinski definition) is 8. The predicted molar refractivity (Wildman–Crippen MR) is 101 cm³/mol. The fraction of sp³-hybridized carbons (Fsp3) is 0.294. The van der Waals surface area contributed by atoms with Crippen LogP contribution in [0.4, 0.5) is 17.5 Å². The van der Waals surface area contributed by atoms with E-state index < -0.39 is 23.4 Å². The first-order chi connectivity index (χ1) is 13.4. The Bertz CT molecular complexity index is 973. The van der Waals surface area contributed by atoms with Crippen LogP contribution in [-0.4, -0.2) is 41.0 Å². The standard InChI is InChI=1S/C17H20N6O5/c1-2-9(13(18)24)21-17-22-15(12(14(19)25)16(26)23-17)20-8-3-4-10-11(7-8)28-6-5-27-10/h3-4,7,9H,2,5-6H2,1H3,(H2,18,24)(H2,19,25)(H3,20,21,22,23,26). The lowest BCUT2D eigenvalue weighted by Crippen LogP contribution is -2.36. The van der Waals surface area contributed by atoms with Crippen LogP contribution in [0.15, 0.2) is 23.0 Å². The molecule has 11 heteroatoms. The smallest absolute Gasteiger partial charge is 0.267 e. The molecule has 28 heavy (non-hydrogen) atoms. The monoisotopic (exact) mass is 388 g/mol. The number of nitrogens with zero attached hydrogens (tertiary/aromatic N) is 1. The summed E-state index contributed by atoms with van der Waals surface area (Å²) in [6.07, 6.45) is 0.377. The van der Waals surface area contributed by atoms with Crippen LogP contribution in [0.3, 0.4) is 0 Å². The summed E-state index contributed by atoms with van der Waals surface area (Å²) in [6.45, 7) is 2.60. The van der Waals surface area contributed by atoms with Crippen LogP contribution in [-0.2, 0) is 4.79 Å². The minimum absolute atomic E-state index is 0.0271. The average Bonchev–Trinajstić information content (AvgIpc) is 2.65. The molecule has 1 aliphatic heterocycles. The molecule has 0 fully saturated rings. The van der Waals surface area contributed by atoms with Gasteiger partial charge in [-0.3, -0.25) is 19.4 Å². The van der Waals surface area contributed by atoms with Crippen molar-refractivity contribution in [2.75, 3.05) is 23.8 Å². The molecule has 148 valence electrons. The van der Waals surface area contributed by atoms with Gasteiger partial charge in [-0.1, -0.05) is 6.92 Å². The Morgan fingerprint density at radius 2 is 1.96 bits per heavy atom. The number of carbonyl (C=O) groups is 2. The van der Waals surface area contributed by atoms with Crippen molar-refractivity contribution < 1.29 is 19.1 Å². The zero-order valence-electron chi connectivity index (χ0n) is 15.1. The molecule has 7 N–H and O–H groups in total. The van der Waals surface area contributed by atoms with Crippen LogP contribution >= 0.6 is 0 Å². The van der Waals surface area contributed by atoms with Crippen LogP contribution in [0.25, 0.3) is 0 Å². The summed E-state index contributed by atoms with van der Waals surface area (Å²) in [5.41, 5.74) is 10.0. The Morgan fingerprint density at radius 1 is 1.25 bits per heavy atom. The number of H-pyrrole nitrogens is 1. The van der Waals surface area contributed by atoms with E-state index >= 15 is 0 Å². The molecule has 2 aromatic rings. The van der Waals surface area contributed by atoms with Crippen LogP contribution in [0.1, 0.15) is 23.7 Å². The Morgan fingerprint density at radius 3 is 2.61 bits per heavy atom. The number of nitrogens with two attached hydrogens (primary N) is 2. The van der Waals surface area contributed by atoms with Gasteiger partial charge in [0.1, 0.15) is 24.8 Å². The molecule has 1 atom stereocenters. The van der Waals surface area contributed by atoms with Gasteiger partial charge in [0.15, 0.2) is 17.3 Å². The van der Waals surface area contributed by atoms with Crippen LogP contribution in [0, 0.1) is 0 Å². The van der Waals surface area contributed by atoms with Gasteiger partial charge in [-0.15, -0.1) is 0 Å². The van der Waals surface area contributed by atoms with Gasteiger partial charge in [-0.05, 0) is 18.6 Å². The normalized spacial score (nSPS) is 13.5. The van der Waals surface area contributed by atoms with Gasteiger partial charge in [0.25, 0.3) is 11.5 Å². The van der Waals surface area contributed by atoms with Crippen molar-refractivity contribution in [2.24, 2.45) is 11.5 Å². The lowest BCUT2D eigenvalue weighted by molar-refractivity contribution is -0.118. The van der Waals surface area contributed by atoms with Gasteiger partial charge < -0.3 is 31.6 Å². The highest BCUT2D eigenvalue weighted by atomic mass is 16.6. The minimum Gasteiger partial charge on any atom is -0.486 e. The van der Waals surface area contributed by atoms with Crippen molar-refractivity contribution in [1.29, 1.82) is 0 Å². The van der Waals surface area contributed by atoms with E-state index in [1.165, 1.54) is 0 Å². The molecule has 2 heterocycles. The number of rotatable bonds is 7. The summed E-state index contributed by atoms with van der Waals surface area (Å²) in [5.74, 6) is -0.566. The Balaban J connectivity index is 1.97. The Labute approximate surface area is 159 Å². The molecule has 0 aliphatic carbocycles. The fourth-order valence-electron chi connectivity index (χ4n) is 2.66. The third-order valence-electron chi connectivity index (χ3n) is 4.03. The highest BCUT2D eigenvalue weighted by molar-refractivity contribution is 5.98. The number of benzene rings is 1. The summed E-state index contributed by atoms with van der Waals surface area (Å²) >= 11 is 0. The molecule has 1 aromatic heterocycles. The molecule has 1 aromatic carbocycles. The Hall–Kier alpha value is -3.76. The number of ether oxygens (including phenoxy) is 2. The highest BCUT2D eigenvalue weighted by Gasteiger charge is 2.20. The zero-order chi connectivity index (χ0) is 20.3. The number of anilines is 3. The van der Waals surface area contributed by atoms with E-state index in [1.54, 1.807) is 25.1 Å². The van der Waals surface area contributed by atoms with E-state index in [0.717, 1.165) is 0 Å². The number of amides is 2. The van der Waals surface area contributed by atoms with Crippen molar-refractivity contribution in [3.8, 4) is 11.5 Å². The van der Waals surface area contributed by atoms with Crippen LogP contribution < -0.4 is 37.1 Å². The van der Waals surface area contributed by atoms with Crippen LogP contribution in [0.5, 0.6) is 11.5 Å². The molecule has 0 spiro atoms. The first kappa shape index (κ1) is 19.0. The molecule has 2 amide bonds. The fourth-order valence-corrected chi connectivity index (χ4v) is 2.66. The molecule has 0 saturated heterocycles. The van der Waals surface area contributed by atoms with Crippen molar-refractivity contribution in [2.45, 2.75) is 19.4 Å². The van der Waals surface area contributed by atoms with Crippen molar-refractivity contribution >= 4 is 29.3 Å². The molecule has 0 saturated carbocycles. The number of carbonyl (C=O) groups excluding carboxylic acids is 2. The second-order valence-electron chi connectivity index (χ2n) is 5.99. The van der Waals surface area contributed by atoms with Gasteiger partial charge in [0, 0.05) is 11.8 Å². The summed E-state index contributed by atoms with van der Waals surface area (Å²) in [7, 11) is 0. The van der Waals surface area contributed by atoms with Crippen LogP contribution in [0.2, 0.25) is 0 Å². The van der Waals surface area contributed by atoms with E-state index in [2.05, 4.69) is 20.6 Å². The van der Waals surface area contributed by atoms with E-state index in [1.807, 2.05) is 0 Å². The van der Waals surface area contributed by atoms with E-state index in [9.17, 15) is 14.4 Å². The van der Waals surface area contributed by atoms with Crippen molar-refractivity contribution in [1.82, 2.24) is 9.97 Å². The second kappa shape index (κ2) is 7.86. The predicted octanol–water partition coefficient (Wildman–Crippen LogP) is 0.0594. The largest absolute Gasteiger partial charge is 0.486 e. The number of aromatic nitrogens is 2. The molecule has 11 nitrogen and oxygen atoms in total. The Kier molecular flexibility index (Phi) is 5.34. The number of fused-ring (bicyclic) bond motifs is 1. The van der Waals surface area contributed by atoms with E-state index in [-0.39, 0.29) is 17.3 Å². The number of nitrogens with one attached hydrogen (secondary N) is 3. The lowest BCUT2D eigenvalue weighted by Gasteiger charge is -2.19. The summed E-state index contributed by atoms with van der Waals surface area (Å²) in [6, 6.07) is 4.26. The SMILES string of the molecule is CCC(Nc1nc(Nc2ccc3c(c2)OCCO3)c(C(N)=O)c(=O)[nH]1)C(N)=O. The molecule has 0 bridgehead atoms. The van der Waals surface area contributed by atoms with Crippen molar-refractivity contribution in [3.63, 3.8) is 0 Å². The van der Waals surface area contributed by atoms with Crippen molar-refractivity contribution in [3.05, 3.63) is 34.1 Å². The second-order valence-corrected chi connectivity index (χ2v) is 5.99. The highest BCUT2D eigenvalue weighted by Crippen LogP contribution is 2.33. The first-order valence-corrected chi connectivity index (χ1v) is 8.55.